The molecular formula is C12H23N3O2SSi. The van der Waals surface area contributed by atoms with Gasteiger partial charge in [0.05, 0.1) is 6.04 Å². The van der Waals surface area contributed by atoms with Gasteiger partial charge >= 0.3 is 0 Å². The fraction of sp³-hybridized carbons (Fsp3) is 0.750. The van der Waals surface area contributed by atoms with Gasteiger partial charge in [-0.25, -0.2) is 12.8 Å². The Hall–Kier alpha value is -0.663. The SMILES string of the molecule is CC(C)(C)[Si](C)(C)NS(=O)(=O)c1ccn(C2CC2)n1. The first-order chi connectivity index (χ1) is 8.53. The Labute approximate surface area is 116 Å². The van der Waals surface area contributed by atoms with E-state index in [0.29, 0.717) is 6.04 Å². The Balaban J connectivity index is 2.22. The Morgan fingerprint density at radius 3 is 2.42 bits per heavy atom. The molecule has 0 unspecified atom stereocenters. The molecule has 1 fully saturated rings. The van der Waals surface area contributed by atoms with E-state index >= 15 is 0 Å². The van der Waals surface area contributed by atoms with Gasteiger partial charge in [0.1, 0.15) is 8.24 Å². The second-order valence-electron chi connectivity index (χ2n) is 6.85. The molecule has 0 aromatic carbocycles. The molecule has 0 amide bonds. The van der Waals surface area contributed by atoms with Crippen LogP contribution in [0.4, 0.5) is 0 Å². The maximum atomic E-state index is 12.4. The van der Waals surface area contributed by atoms with Crippen LogP contribution in [-0.2, 0) is 10.0 Å². The van der Waals surface area contributed by atoms with E-state index in [1.165, 1.54) is 0 Å². The van der Waals surface area contributed by atoms with E-state index in [0.717, 1.165) is 12.8 Å². The smallest absolute Gasteiger partial charge is 0.253 e. The van der Waals surface area contributed by atoms with E-state index in [1.54, 1.807) is 16.9 Å². The van der Waals surface area contributed by atoms with Crippen LogP contribution in [0.25, 0.3) is 0 Å². The molecule has 1 aliphatic carbocycles. The highest BCUT2D eigenvalue weighted by Gasteiger charge is 2.40. The normalized spacial score (nSPS) is 17.7. The molecule has 1 aliphatic rings. The first-order valence-electron chi connectivity index (χ1n) is 6.62. The van der Waals surface area contributed by atoms with Gasteiger partial charge in [0, 0.05) is 6.20 Å². The van der Waals surface area contributed by atoms with Crippen molar-refractivity contribution in [2.24, 2.45) is 0 Å². The van der Waals surface area contributed by atoms with Gasteiger partial charge in [-0.2, -0.15) is 5.10 Å². The van der Waals surface area contributed by atoms with Gasteiger partial charge in [-0.15, -0.1) is 0 Å². The average Bonchev–Trinajstić information content (AvgIpc) is 2.92. The predicted molar refractivity (Wildman–Crippen MR) is 78.0 cm³/mol. The summed E-state index contributed by atoms with van der Waals surface area (Å²) in [5.74, 6) is 0. The standard InChI is InChI=1S/C12H23N3O2SSi/c1-12(2,3)19(4,5)14-18(16,17)11-8-9-15(13-11)10-6-7-10/h8-10,14H,6-7H2,1-5H3. The first-order valence-corrected chi connectivity index (χ1v) is 11.1. The van der Waals surface area contributed by atoms with Gasteiger partial charge < -0.3 is 0 Å². The molecule has 0 radical (unpaired) electrons. The van der Waals surface area contributed by atoms with Crippen molar-refractivity contribution in [3.63, 3.8) is 0 Å². The minimum absolute atomic E-state index is 0.0425. The number of sulfonamides is 1. The zero-order valence-corrected chi connectivity index (χ0v) is 14.1. The zero-order chi connectivity index (χ0) is 14.5. The molecule has 0 aliphatic heterocycles. The fourth-order valence-electron chi connectivity index (χ4n) is 1.55. The minimum Gasteiger partial charge on any atom is -0.268 e. The van der Waals surface area contributed by atoms with Crippen molar-refractivity contribution in [3.05, 3.63) is 12.3 Å². The van der Waals surface area contributed by atoms with E-state index in [-0.39, 0.29) is 10.1 Å². The molecular weight excluding hydrogens is 278 g/mol. The molecule has 19 heavy (non-hydrogen) atoms. The van der Waals surface area contributed by atoms with Crippen LogP contribution in [0.3, 0.4) is 0 Å². The van der Waals surface area contributed by atoms with E-state index < -0.39 is 18.3 Å². The topological polar surface area (TPSA) is 64.0 Å². The first kappa shape index (κ1) is 14.7. The summed E-state index contributed by atoms with van der Waals surface area (Å²) in [7, 11) is -5.62. The number of rotatable bonds is 4. The highest BCUT2D eigenvalue weighted by Crippen LogP contribution is 2.36. The van der Waals surface area contributed by atoms with Crippen molar-refractivity contribution in [1.29, 1.82) is 0 Å². The summed E-state index contributed by atoms with van der Waals surface area (Å²) in [4.78, 5) is 0. The van der Waals surface area contributed by atoms with Crippen molar-refractivity contribution < 1.29 is 8.42 Å². The molecule has 0 atom stereocenters. The summed E-state index contributed by atoms with van der Waals surface area (Å²) in [5, 5.41) is 4.30. The summed E-state index contributed by atoms with van der Waals surface area (Å²) < 4.78 is 29.5. The van der Waals surface area contributed by atoms with Gasteiger partial charge in [-0.05, 0) is 23.9 Å². The maximum absolute atomic E-state index is 12.4. The number of nitrogens with zero attached hydrogens (tertiary/aromatic N) is 2. The molecule has 2 rings (SSSR count). The van der Waals surface area contributed by atoms with Gasteiger partial charge in [0.2, 0.25) is 0 Å². The molecule has 0 bridgehead atoms. The van der Waals surface area contributed by atoms with Crippen LogP contribution in [0.5, 0.6) is 0 Å². The van der Waals surface area contributed by atoms with Crippen molar-refractivity contribution in [2.45, 2.75) is 62.8 Å². The van der Waals surface area contributed by atoms with E-state index in [2.05, 4.69) is 30.3 Å². The van der Waals surface area contributed by atoms with Crippen molar-refractivity contribution >= 4 is 18.3 Å². The minimum atomic E-state index is -3.51. The van der Waals surface area contributed by atoms with E-state index in [9.17, 15) is 8.42 Å². The fourth-order valence-corrected chi connectivity index (χ4v) is 6.32. The van der Waals surface area contributed by atoms with Crippen LogP contribution in [0.2, 0.25) is 18.1 Å². The maximum Gasteiger partial charge on any atom is 0.253 e. The van der Waals surface area contributed by atoms with Crippen LogP contribution in [0, 0.1) is 0 Å². The number of hydrogen-bond donors (Lipinski definition) is 1. The molecule has 1 aromatic rings. The number of hydrogen-bond acceptors (Lipinski definition) is 3. The lowest BCUT2D eigenvalue weighted by molar-refractivity contribution is 0.572. The summed E-state index contributed by atoms with van der Waals surface area (Å²) in [6.07, 6.45) is 3.95. The zero-order valence-electron chi connectivity index (χ0n) is 12.3. The highest BCUT2D eigenvalue weighted by atomic mass is 32.2. The Bertz CT molecular complexity index is 568. The van der Waals surface area contributed by atoms with Crippen LogP contribution < -0.4 is 4.39 Å². The second kappa shape index (κ2) is 4.42. The Kier molecular flexibility index (Phi) is 3.43. The van der Waals surface area contributed by atoms with Crippen molar-refractivity contribution in [3.8, 4) is 0 Å². The molecule has 7 heteroatoms. The van der Waals surface area contributed by atoms with Gasteiger partial charge in [0.25, 0.3) is 10.0 Å². The van der Waals surface area contributed by atoms with Gasteiger partial charge in [-0.3, -0.25) is 4.68 Å². The number of nitrogens with one attached hydrogen (secondary N) is 1. The van der Waals surface area contributed by atoms with E-state index in [1.807, 2.05) is 13.1 Å². The third kappa shape index (κ3) is 3.09. The predicted octanol–water partition coefficient (Wildman–Crippen LogP) is 2.50. The average molecular weight is 301 g/mol. The molecule has 1 aromatic heterocycles. The van der Waals surface area contributed by atoms with Crippen molar-refractivity contribution in [1.82, 2.24) is 14.2 Å². The van der Waals surface area contributed by atoms with E-state index in [4.69, 9.17) is 0 Å². The summed E-state index contributed by atoms with van der Waals surface area (Å²) in [6.45, 7) is 10.3. The number of aromatic nitrogens is 2. The molecule has 1 N–H and O–H groups in total. The highest BCUT2D eigenvalue weighted by molar-refractivity contribution is 7.90. The van der Waals surface area contributed by atoms with Crippen LogP contribution in [-0.4, -0.2) is 26.4 Å². The third-order valence-electron chi connectivity index (χ3n) is 4.04. The molecule has 108 valence electrons. The van der Waals surface area contributed by atoms with Crippen LogP contribution in [0.1, 0.15) is 39.7 Å². The van der Waals surface area contributed by atoms with Gasteiger partial charge in [0.15, 0.2) is 5.03 Å². The Morgan fingerprint density at radius 1 is 1.37 bits per heavy atom. The summed E-state index contributed by atoms with van der Waals surface area (Å²) in [5.41, 5.74) is 0. The second-order valence-corrected chi connectivity index (χ2v) is 13.8. The van der Waals surface area contributed by atoms with Gasteiger partial charge in [-0.1, -0.05) is 33.9 Å². The van der Waals surface area contributed by atoms with Crippen molar-refractivity contribution in [2.75, 3.05) is 0 Å². The molecule has 0 spiro atoms. The molecule has 0 saturated heterocycles. The summed E-state index contributed by atoms with van der Waals surface area (Å²) in [6, 6.07) is 1.99. The molecule has 5 nitrogen and oxygen atoms in total. The lowest BCUT2D eigenvalue weighted by Crippen LogP contribution is -2.54. The summed E-state index contributed by atoms with van der Waals surface area (Å²) >= 11 is 0. The monoisotopic (exact) mass is 301 g/mol. The lowest BCUT2D eigenvalue weighted by atomic mass is 10.2. The molecule has 1 saturated carbocycles. The van der Waals surface area contributed by atoms with Crippen LogP contribution >= 0.6 is 0 Å². The largest absolute Gasteiger partial charge is 0.268 e. The quantitative estimate of drug-likeness (QED) is 0.869. The third-order valence-corrected chi connectivity index (χ3v) is 11.7. The van der Waals surface area contributed by atoms with Crippen LogP contribution in [0.15, 0.2) is 17.3 Å². The molecule has 1 heterocycles. The lowest BCUT2D eigenvalue weighted by Gasteiger charge is -2.36. The Morgan fingerprint density at radius 2 is 1.95 bits per heavy atom.